The molecule has 0 aromatic heterocycles. The van der Waals surface area contributed by atoms with Gasteiger partial charge in [0.1, 0.15) is 0 Å². The summed E-state index contributed by atoms with van der Waals surface area (Å²) in [6.45, 7) is 5.48. The molecule has 1 aliphatic heterocycles. The molecule has 0 spiro atoms. The van der Waals surface area contributed by atoms with Crippen LogP contribution in [0.15, 0.2) is 0 Å². The van der Waals surface area contributed by atoms with E-state index in [1.165, 1.54) is 0 Å². The van der Waals surface area contributed by atoms with E-state index in [1.54, 1.807) is 0 Å². The van der Waals surface area contributed by atoms with Crippen molar-refractivity contribution in [2.75, 3.05) is 19.7 Å². The maximum atomic E-state index is 11.9. The Labute approximate surface area is 109 Å². The summed E-state index contributed by atoms with van der Waals surface area (Å²) in [4.78, 5) is 25.3. The lowest BCUT2D eigenvalue weighted by atomic mass is 9.96. The number of carbonyl (C=O) groups excluding carboxylic acids is 2. The number of rotatable bonds is 5. The molecule has 0 saturated carbocycles. The highest BCUT2D eigenvalue weighted by Gasteiger charge is 2.28. The first-order valence-electron chi connectivity index (χ1n) is 6.78. The van der Waals surface area contributed by atoms with Crippen LogP contribution in [-0.4, -0.2) is 42.5 Å². The molecule has 1 unspecified atom stereocenters. The predicted octanol–water partition coefficient (Wildman–Crippen LogP) is 0.915. The third-order valence-corrected chi connectivity index (χ3v) is 3.43. The van der Waals surface area contributed by atoms with Crippen LogP contribution in [0.4, 0.5) is 0 Å². The maximum Gasteiger partial charge on any atom is 0.309 e. The van der Waals surface area contributed by atoms with E-state index in [1.807, 2.05) is 18.7 Å². The Morgan fingerprint density at radius 3 is 2.44 bits per heavy atom. The first-order chi connectivity index (χ1) is 8.58. The van der Waals surface area contributed by atoms with E-state index in [0.29, 0.717) is 39.0 Å². The standard InChI is InChI=1S/C13H24N2O3/c1-3-11(14)9-12(16)15-7-5-10(6-8-15)13(17)18-4-2/h10-11H,3-9,14H2,1-2H3. The molecular formula is C13H24N2O3. The minimum absolute atomic E-state index is 0.0474. The summed E-state index contributed by atoms with van der Waals surface area (Å²) in [5.41, 5.74) is 5.77. The fourth-order valence-corrected chi connectivity index (χ4v) is 2.12. The number of ether oxygens (including phenoxy) is 1. The van der Waals surface area contributed by atoms with Gasteiger partial charge in [-0.2, -0.15) is 0 Å². The second kappa shape index (κ2) is 7.36. The van der Waals surface area contributed by atoms with E-state index in [0.717, 1.165) is 6.42 Å². The van der Waals surface area contributed by atoms with E-state index in [9.17, 15) is 9.59 Å². The molecule has 0 aromatic carbocycles. The highest BCUT2D eigenvalue weighted by atomic mass is 16.5. The van der Waals surface area contributed by atoms with Crippen molar-refractivity contribution in [3.05, 3.63) is 0 Å². The van der Waals surface area contributed by atoms with Crippen LogP contribution < -0.4 is 5.73 Å². The Kier molecular flexibility index (Phi) is 6.12. The third kappa shape index (κ3) is 4.29. The Balaban J connectivity index is 2.34. The van der Waals surface area contributed by atoms with Gasteiger partial charge in [-0.3, -0.25) is 9.59 Å². The summed E-state index contributed by atoms with van der Waals surface area (Å²) in [6.07, 6.45) is 2.61. The number of likely N-dealkylation sites (tertiary alicyclic amines) is 1. The molecule has 5 heteroatoms. The van der Waals surface area contributed by atoms with Gasteiger partial charge in [0.2, 0.25) is 5.91 Å². The van der Waals surface area contributed by atoms with Crippen LogP contribution in [0.3, 0.4) is 0 Å². The molecule has 0 radical (unpaired) electrons. The van der Waals surface area contributed by atoms with E-state index < -0.39 is 0 Å². The van der Waals surface area contributed by atoms with Crippen LogP contribution in [0.25, 0.3) is 0 Å². The Morgan fingerprint density at radius 1 is 1.33 bits per heavy atom. The van der Waals surface area contributed by atoms with Crippen molar-refractivity contribution in [1.29, 1.82) is 0 Å². The molecule has 1 atom stereocenters. The number of amides is 1. The molecular weight excluding hydrogens is 232 g/mol. The fourth-order valence-electron chi connectivity index (χ4n) is 2.12. The molecule has 0 aromatic rings. The number of piperidine rings is 1. The maximum absolute atomic E-state index is 11.9. The summed E-state index contributed by atoms with van der Waals surface area (Å²) in [5.74, 6) is -0.0737. The Morgan fingerprint density at radius 2 is 1.94 bits per heavy atom. The minimum atomic E-state index is -0.130. The topological polar surface area (TPSA) is 72.6 Å². The van der Waals surface area contributed by atoms with Gasteiger partial charge in [-0.05, 0) is 26.2 Å². The van der Waals surface area contributed by atoms with Crippen LogP contribution in [0.2, 0.25) is 0 Å². The van der Waals surface area contributed by atoms with E-state index in [2.05, 4.69) is 0 Å². The van der Waals surface area contributed by atoms with Crippen molar-refractivity contribution in [2.24, 2.45) is 11.7 Å². The smallest absolute Gasteiger partial charge is 0.309 e. The lowest BCUT2D eigenvalue weighted by Crippen LogP contribution is -2.42. The molecule has 0 bridgehead atoms. The van der Waals surface area contributed by atoms with Crippen LogP contribution in [0, 0.1) is 5.92 Å². The van der Waals surface area contributed by atoms with Crippen molar-refractivity contribution >= 4 is 11.9 Å². The lowest BCUT2D eigenvalue weighted by Gasteiger charge is -2.31. The highest BCUT2D eigenvalue weighted by Crippen LogP contribution is 2.19. The second-order valence-electron chi connectivity index (χ2n) is 4.78. The zero-order valence-corrected chi connectivity index (χ0v) is 11.4. The van der Waals surface area contributed by atoms with Crippen molar-refractivity contribution in [3.63, 3.8) is 0 Å². The molecule has 104 valence electrons. The third-order valence-electron chi connectivity index (χ3n) is 3.43. The average molecular weight is 256 g/mol. The second-order valence-corrected chi connectivity index (χ2v) is 4.78. The van der Waals surface area contributed by atoms with E-state index >= 15 is 0 Å². The van der Waals surface area contributed by atoms with Crippen LogP contribution in [0.1, 0.15) is 39.5 Å². The normalized spacial score (nSPS) is 18.5. The van der Waals surface area contributed by atoms with Crippen molar-refractivity contribution in [1.82, 2.24) is 4.90 Å². The highest BCUT2D eigenvalue weighted by molar-refractivity contribution is 5.77. The molecule has 0 aliphatic carbocycles. The van der Waals surface area contributed by atoms with Gasteiger partial charge < -0.3 is 15.4 Å². The fraction of sp³-hybridized carbons (Fsp3) is 0.846. The minimum Gasteiger partial charge on any atom is -0.466 e. The summed E-state index contributed by atoms with van der Waals surface area (Å²) in [6, 6.07) is -0.0553. The number of hydrogen-bond donors (Lipinski definition) is 1. The molecule has 1 amide bonds. The largest absolute Gasteiger partial charge is 0.466 e. The number of carbonyl (C=O) groups is 2. The van der Waals surface area contributed by atoms with E-state index in [-0.39, 0.29) is 23.8 Å². The van der Waals surface area contributed by atoms with Crippen LogP contribution in [0.5, 0.6) is 0 Å². The van der Waals surface area contributed by atoms with Gasteiger partial charge in [-0.25, -0.2) is 0 Å². The van der Waals surface area contributed by atoms with E-state index in [4.69, 9.17) is 10.5 Å². The number of nitrogens with zero attached hydrogens (tertiary/aromatic N) is 1. The molecule has 1 aliphatic rings. The molecule has 1 fully saturated rings. The summed E-state index contributed by atoms with van der Waals surface area (Å²) >= 11 is 0. The van der Waals surface area contributed by atoms with Gasteiger partial charge in [0, 0.05) is 25.6 Å². The molecule has 18 heavy (non-hydrogen) atoms. The predicted molar refractivity (Wildman–Crippen MR) is 68.8 cm³/mol. The number of esters is 1. The number of nitrogens with two attached hydrogens (primary N) is 1. The average Bonchev–Trinajstić information content (AvgIpc) is 2.39. The van der Waals surface area contributed by atoms with Gasteiger partial charge >= 0.3 is 5.97 Å². The van der Waals surface area contributed by atoms with Crippen molar-refractivity contribution in [3.8, 4) is 0 Å². The molecule has 2 N–H and O–H groups in total. The van der Waals surface area contributed by atoms with Crippen molar-refractivity contribution in [2.45, 2.75) is 45.6 Å². The monoisotopic (exact) mass is 256 g/mol. The zero-order valence-electron chi connectivity index (χ0n) is 11.4. The van der Waals surface area contributed by atoms with Crippen LogP contribution >= 0.6 is 0 Å². The SMILES string of the molecule is CCOC(=O)C1CCN(C(=O)CC(N)CC)CC1. The first kappa shape index (κ1) is 15.0. The molecule has 5 nitrogen and oxygen atoms in total. The molecule has 1 heterocycles. The van der Waals surface area contributed by atoms with Gasteiger partial charge in [0.15, 0.2) is 0 Å². The van der Waals surface area contributed by atoms with Gasteiger partial charge in [0.25, 0.3) is 0 Å². The molecule has 1 saturated heterocycles. The quantitative estimate of drug-likeness (QED) is 0.742. The van der Waals surface area contributed by atoms with Crippen molar-refractivity contribution < 1.29 is 14.3 Å². The van der Waals surface area contributed by atoms with Gasteiger partial charge in [-0.15, -0.1) is 0 Å². The number of hydrogen-bond acceptors (Lipinski definition) is 4. The summed E-state index contributed by atoms with van der Waals surface area (Å²) in [5, 5.41) is 0. The van der Waals surface area contributed by atoms with Crippen LogP contribution in [-0.2, 0) is 14.3 Å². The van der Waals surface area contributed by atoms with Gasteiger partial charge in [0.05, 0.1) is 12.5 Å². The van der Waals surface area contributed by atoms with Gasteiger partial charge in [-0.1, -0.05) is 6.92 Å². The summed E-state index contributed by atoms with van der Waals surface area (Å²) in [7, 11) is 0. The summed E-state index contributed by atoms with van der Waals surface area (Å²) < 4.78 is 5.00. The Bertz CT molecular complexity index is 286. The first-order valence-corrected chi connectivity index (χ1v) is 6.78. The Hall–Kier alpha value is -1.10. The zero-order chi connectivity index (χ0) is 13.5. The lowest BCUT2D eigenvalue weighted by molar-refractivity contribution is -0.151. The molecule has 1 rings (SSSR count).